The predicted molar refractivity (Wildman–Crippen MR) is 129 cm³/mol. The van der Waals surface area contributed by atoms with E-state index in [-0.39, 0.29) is 25.0 Å². The van der Waals surface area contributed by atoms with Gasteiger partial charge in [0.25, 0.3) is 5.91 Å². The highest BCUT2D eigenvalue weighted by Gasteiger charge is 2.26. The number of amides is 2. The zero-order chi connectivity index (χ0) is 22.1. The molecule has 0 aromatic heterocycles. The molecule has 2 aromatic rings. The topological polar surface area (TPSA) is 58.6 Å². The summed E-state index contributed by atoms with van der Waals surface area (Å²) < 4.78 is 6.71. The highest BCUT2D eigenvalue weighted by molar-refractivity contribution is 14.1. The van der Waals surface area contributed by atoms with Crippen LogP contribution in [0.25, 0.3) is 0 Å². The summed E-state index contributed by atoms with van der Waals surface area (Å²) in [5.41, 5.74) is 0.778. The van der Waals surface area contributed by atoms with Gasteiger partial charge in [0.2, 0.25) is 5.91 Å². The lowest BCUT2D eigenvalue weighted by Crippen LogP contribution is -2.49. The SMILES string of the molecule is CCCCNC(=O)[C@@H](C)N(Cc1ccc(Cl)c(Cl)c1)C(=O)COc1ccc(I)cc1. The summed E-state index contributed by atoms with van der Waals surface area (Å²) in [7, 11) is 0. The van der Waals surface area contributed by atoms with Gasteiger partial charge in [-0.2, -0.15) is 0 Å². The summed E-state index contributed by atoms with van der Waals surface area (Å²) in [5.74, 6) is 0.0993. The van der Waals surface area contributed by atoms with E-state index in [4.69, 9.17) is 27.9 Å². The number of ether oxygens (including phenoxy) is 1. The number of hydrogen-bond acceptors (Lipinski definition) is 3. The Kier molecular flexibility index (Phi) is 10.2. The second-order valence-corrected chi connectivity index (χ2v) is 8.89. The lowest BCUT2D eigenvalue weighted by atomic mass is 10.1. The van der Waals surface area contributed by atoms with E-state index in [9.17, 15) is 9.59 Å². The van der Waals surface area contributed by atoms with Crippen molar-refractivity contribution in [3.63, 3.8) is 0 Å². The first kappa shape index (κ1) is 24.8. The average Bonchev–Trinajstić information content (AvgIpc) is 2.73. The van der Waals surface area contributed by atoms with E-state index < -0.39 is 6.04 Å². The van der Waals surface area contributed by atoms with Gasteiger partial charge in [-0.05, 0) is 77.9 Å². The molecule has 2 aromatic carbocycles. The van der Waals surface area contributed by atoms with Crippen molar-refractivity contribution in [2.45, 2.75) is 39.3 Å². The molecule has 5 nitrogen and oxygen atoms in total. The third-order valence-corrected chi connectivity index (χ3v) is 5.97. The van der Waals surface area contributed by atoms with E-state index in [2.05, 4.69) is 34.8 Å². The van der Waals surface area contributed by atoms with Gasteiger partial charge in [0.1, 0.15) is 11.8 Å². The minimum atomic E-state index is -0.663. The molecular weight excluding hydrogens is 538 g/mol. The third-order valence-electron chi connectivity index (χ3n) is 4.51. The smallest absolute Gasteiger partial charge is 0.261 e. The van der Waals surface area contributed by atoms with Crippen molar-refractivity contribution in [1.29, 1.82) is 0 Å². The molecule has 0 aliphatic heterocycles. The van der Waals surface area contributed by atoms with Crippen LogP contribution in [0.1, 0.15) is 32.3 Å². The van der Waals surface area contributed by atoms with E-state index in [1.807, 2.05) is 12.1 Å². The molecular formula is C22H25Cl2IN2O3. The summed E-state index contributed by atoms with van der Waals surface area (Å²) in [6.07, 6.45) is 1.86. The second kappa shape index (κ2) is 12.4. The Morgan fingerprint density at radius 1 is 1.13 bits per heavy atom. The molecule has 1 atom stereocenters. The van der Waals surface area contributed by atoms with Crippen molar-refractivity contribution in [3.8, 4) is 5.75 Å². The fourth-order valence-electron chi connectivity index (χ4n) is 2.71. The van der Waals surface area contributed by atoms with Gasteiger partial charge in [0.15, 0.2) is 6.61 Å². The van der Waals surface area contributed by atoms with Crippen molar-refractivity contribution in [2.75, 3.05) is 13.2 Å². The molecule has 0 fully saturated rings. The standard InChI is InChI=1S/C22H25Cl2IN2O3/c1-3-4-11-26-22(29)15(2)27(13-16-5-10-19(23)20(24)12-16)21(28)14-30-18-8-6-17(25)7-9-18/h5-10,12,15H,3-4,11,13-14H2,1-2H3,(H,26,29)/t15-/m1/s1. The maximum absolute atomic E-state index is 13.0. The number of halogens is 3. The van der Waals surface area contributed by atoms with E-state index in [1.54, 1.807) is 37.3 Å². The quantitative estimate of drug-likeness (QED) is 0.315. The molecule has 2 rings (SSSR count). The molecule has 0 saturated carbocycles. The number of hydrogen-bond donors (Lipinski definition) is 1. The Balaban J connectivity index is 2.13. The molecule has 0 unspecified atom stereocenters. The maximum atomic E-state index is 13.0. The number of nitrogens with zero attached hydrogens (tertiary/aromatic N) is 1. The highest BCUT2D eigenvalue weighted by Crippen LogP contribution is 2.24. The molecule has 0 aliphatic rings. The Hall–Kier alpha value is -1.51. The summed E-state index contributed by atoms with van der Waals surface area (Å²) in [4.78, 5) is 27.1. The fraction of sp³-hybridized carbons (Fsp3) is 0.364. The number of benzene rings is 2. The van der Waals surface area contributed by atoms with Crippen LogP contribution in [-0.4, -0.2) is 35.9 Å². The molecule has 1 N–H and O–H groups in total. The number of unbranched alkanes of at least 4 members (excludes halogenated alkanes) is 1. The van der Waals surface area contributed by atoms with Crippen LogP contribution in [0.5, 0.6) is 5.75 Å². The Labute approximate surface area is 201 Å². The highest BCUT2D eigenvalue weighted by atomic mass is 127. The summed E-state index contributed by atoms with van der Waals surface area (Å²) >= 11 is 14.3. The third kappa shape index (κ3) is 7.63. The lowest BCUT2D eigenvalue weighted by molar-refractivity contribution is -0.142. The van der Waals surface area contributed by atoms with Crippen LogP contribution in [0.3, 0.4) is 0 Å². The van der Waals surface area contributed by atoms with Crippen LogP contribution in [0.2, 0.25) is 10.0 Å². The van der Waals surface area contributed by atoms with Crippen molar-refractivity contribution >= 4 is 57.6 Å². The van der Waals surface area contributed by atoms with Gasteiger partial charge in [0, 0.05) is 16.7 Å². The van der Waals surface area contributed by atoms with Crippen molar-refractivity contribution in [1.82, 2.24) is 10.2 Å². The van der Waals surface area contributed by atoms with Crippen LogP contribution in [-0.2, 0) is 16.1 Å². The van der Waals surface area contributed by atoms with Gasteiger partial charge < -0.3 is 15.0 Å². The van der Waals surface area contributed by atoms with Crippen LogP contribution >= 0.6 is 45.8 Å². The van der Waals surface area contributed by atoms with Crippen LogP contribution in [0.15, 0.2) is 42.5 Å². The molecule has 0 spiro atoms. The van der Waals surface area contributed by atoms with Crippen molar-refractivity contribution < 1.29 is 14.3 Å². The summed E-state index contributed by atoms with van der Waals surface area (Å²) in [5, 5.41) is 3.72. The van der Waals surface area contributed by atoms with Gasteiger partial charge in [-0.25, -0.2) is 0 Å². The molecule has 2 amide bonds. The molecule has 0 bridgehead atoms. The van der Waals surface area contributed by atoms with Crippen molar-refractivity contribution in [2.24, 2.45) is 0 Å². The fourth-order valence-corrected chi connectivity index (χ4v) is 3.39. The van der Waals surface area contributed by atoms with E-state index >= 15 is 0 Å². The van der Waals surface area contributed by atoms with Gasteiger partial charge in [-0.3, -0.25) is 9.59 Å². The van der Waals surface area contributed by atoms with Gasteiger partial charge >= 0.3 is 0 Å². The van der Waals surface area contributed by atoms with Gasteiger partial charge in [0.05, 0.1) is 10.0 Å². The Morgan fingerprint density at radius 3 is 2.47 bits per heavy atom. The molecule has 8 heteroatoms. The average molecular weight is 563 g/mol. The van der Waals surface area contributed by atoms with Gasteiger partial charge in [-0.1, -0.05) is 42.6 Å². The molecule has 0 aliphatic carbocycles. The predicted octanol–water partition coefficient (Wildman–Crippen LogP) is 5.31. The number of rotatable bonds is 10. The van der Waals surface area contributed by atoms with E-state index in [0.717, 1.165) is 22.0 Å². The van der Waals surface area contributed by atoms with Crippen LogP contribution < -0.4 is 10.1 Å². The molecule has 30 heavy (non-hydrogen) atoms. The van der Waals surface area contributed by atoms with Crippen LogP contribution in [0.4, 0.5) is 0 Å². The monoisotopic (exact) mass is 562 g/mol. The maximum Gasteiger partial charge on any atom is 0.261 e. The van der Waals surface area contributed by atoms with Crippen molar-refractivity contribution in [3.05, 3.63) is 61.6 Å². The first-order valence-electron chi connectivity index (χ1n) is 9.71. The normalized spacial score (nSPS) is 11.6. The Bertz CT molecular complexity index is 862. The van der Waals surface area contributed by atoms with Gasteiger partial charge in [-0.15, -0.1) is 0 Å². The number of carbonyl (C=O) groups is 2. The van der Waals surface area contributed by atoms with E-state index in [0.29, 0.717) is 22.3 Å². The van der Waals surface area contributed by atoms with E-state index in [1.165, 1.54) is 4.90 Å². The molecule has 162 valence electrons. The molecule has 0 radical (unpaired) electrons. The summed E-state index contributed by atoms with van der Waals surface area (Å²) in [6.45, 7) is 4.38. The molecule has 0 heterocycles. The Morgan fingerprint density at radius 2 is 1.83 bits per heavy atom. The second-order valence-electron chi connectivity index (χ2n) is 6.83. The lowest BCUT2D eigenvalue weighted by Gasteiger charge is -2.29. The zero-order valence-corrected chi connectivity index (χ0v) is 20.6. The minimum Gasteiger partial charge on any atom is -0.484 e. The minimum absolute atomic E-state index is 0.172. The molecule has 0 saturated heterocycles. The zero-order valence-electron chi connectivity index (χ0n) is 17.0. The first-order chi connectivity index (χ1) is 14.3. The number of nitrogens with one attached hydrogen (secondary N) is 1. The van der Waals surface area contributed by atoms with Crippen LogP contribution in [0, 0.1) is 3.57 Å². The first-order valence-corrected chi connectivity index (χ1v) is 11.5. The number of carbonyl (C=O) groups excluding carboxylic acids is 2. The summed E-state index contributed by atoms with van der Waals surface area (Å²) in [6, 6.07) is 11.9. The largest absolute Gasteiger partial charge is 0.484 e.